The van der Waals surface area contributed by atoms with Crippen LogP contribution in [0, 0.1) is 6.92 Å². The minimum Gasteiger partial charge on any atom is -0.301 e. The zero-order chi connectivity index (χ0) is 17.6. The van der Waals surface area contributed by atoms with Crippen LogP contribution in [0.4, 0.5) is 0 Å². The molecular weight excluding hydrogens is 342 g/mol. The van der Waals surface area contributed by atoms with Crippen LogP contribution >= 0.6 is 11.6 Å². The predicted octanol–water partition coefficient (Wildman–Crippen LogP) is 3.17. The Balaban J connectivity index is 1.87. The molecule has 0 saturated carbocycles. The number of hydrogen-bond donors (Lipinski definition) is 1. The molecule has 0 atom stereocenters. The first kappa shape index (κ1) is 15.5. The summed E-state index contributed by atoms with van der Waals surface area (Å²) >= 11 is 6.08. The van der Waals surface area contributed by atoms with E-state index in [0.29, 0.717) is 10.8 Å². The Morgan fingerprint density at radius 3 is 2.88 bits per heavy atom. The fourth-order valence-corrected chi connectivity index (χ4v) is 3.10. The molecule has 126 valence electrons. The third kappa shape index (κ3) is 2.68. The van der Waals surface area contributed by atoms with E-state index in [1.165, 1.54) is 0 Å². The second kappa shape index (κ2) is 5.78. The van der Waals surface area contributed by atoms with E-state index in [9.17, 15) is 4.79 Å². The highest BCUT2D eigenvalue weighted by Crippen LogP contribution is 2.27. The molecule has 0 spiro atoms. The minimum absolute atomic E-state index is 0.350. The molecule has 0 fully saturated rings. The second-order valence-electron chi connectivity index (χ2n) is 5.65. The van der Waals surface area contributed by atoms with Crippen LogP contribution in [0.1, 0.15) is 17.1 Å². The van der Waals surface area contributed by atoms with Gasteiger partial charge in [-0.3, -0.25) is 14.2 Å². The van der Waals surface area contributed by atoms with Crippen molar-refractivity contribution in [2.45, 2.75) is 6.92 Å². The molecule has 1 N–H and O–H groups in total. The monoisotopic (exact) mass is 355 g/mol. The van der Waals surface area contributed by atoms with Gasteiger partial charge in [0.1, 0.15) is 5.82 Å². The Morgan fingerprint density at radius 1 is 1.28 bits per heavy atom. The first-order valence-electron chi connectivity index (χ1n) is 7.57. The summed E-state index contributed by atoms with van der Waals surface area (Å²) in [5.41, 5.74) is 2.80. The average molecular weight is 356 g/mol. The van der Waals surface area contributed by atoms with Crippen molar-refractivity contribution in [3.05, 3.63) is 63.1 Å². The molecule has 1 aromatic carbocycles. The number of hydrogen-bond acceptors (Lipinski definition) is 4. The third-order valence-corrected chi connectivity index (χ3v) is 4.22. The average Bonchev–Trinajstić information content (AvgIpc) is 3.23. The van der Waals surface area contributed by atoms with Gasteiger partial charge < -0.3 is 4.57 Å². The van der Waals surface area contributed by atoms with E-state index in [1.54, 1.807) is 6.08 Å². The smallest absolute Gasteiger partial charge is 0.301 e. The Kier molecular flexibility index (Phi) is 3.58. The molecule has 0 unspecified atom stereocenters. The van der Waals surface area contributed by atoms with Crippen molar-refractivity contribution in [1.82, 2.24) is 24.5 Å². The number of aryl methyl sites for hydroxylation is 2. The Hall–Kier alpha value is -3.06. The highest BCUT2D eigenvalue weighted by atomic mass is 35.5. The van der Waals surface area contributed by atoms with Crippen molar-refractivity contribution in [2.24, 2.45) is 7.05 Å². The molecular formula is C17H14ClN5O2. The number of benzene rings is 1. The van der Waals surface area contributed by atoms with Crippen LogP contribution in [0.15, 0.2) is 39.8 Å². The lowest BCUT2D eigenvalue weighted by Crippen LogP contribution is -2.02. The Labute approximate surface area is 147 Å². The van der Waals surface area contributed by atoms with Gasteiger partial charge in [-0.25, -0.2) is 4.79 Å². The van der Waals surface area contributed by atoms with Crippen molar-refractivity contribution >= 4 is 34.7 Å². The number of nitrogens with zero attached hydrogens (tertiary/aromatic N) is 4. The number of aromatic nitrogens is 5. The standard InChI is InChI=1S/C17H14ClN5O2/c1-10-13(4-6-15-19-17(24)25-21-15)16(22(2)20-10)23-8-7-11-9-12(18)3-5-14(11)23/h3-9H,1-2H3,(H,19,21,24)/b6-4+. The number of H-pyrrole nitrogens is 1. The Morgan fingerprint density at radius 2 is 2.12 bits per heavy atom. The first-order chi connectivity index (χ1) is 12.0. The lowest BCUT2D eigenvalue weighted by molar-refractivity contribution is 0.385. The van der Waals surface area contributed by atoms with Crippen LogP contribution in [0.5, 0.6) is 0 Å². The number of fused-ring (bicyclic) bond motifs is 1. The highest BCUT2D eigenvalue weighted by Gasteiger charge is 2.15. The van der Waals surface area contributed by atoms with Gasteiger partial charge >= 0.3 is 5.76 Å². The first-order valence-corrected chi connectivity index (χ1v) is 7.95. The second-order valence-corrected chi connectivity index (χ2v) is 6.09. The normalized spacial score (nSPS) is 11.8. The minimum atomic E-state index is -0.587. The molecule has 0 radical (unpaired) electrons. The third-order valence-electron chi connectivity index (χ3n) is 3.98. The molecule has 4 aromatic rings. The van der Waals surface area contributed by atoms with Crippen LogP contribution in [0.25, 0.3) is 28.9 Å². The zero-order valence-corrected chi connectivity index (χ0v) is 14.3. The molecule has 0 amide bonds. The van der Waals surface area contributed by atoms with Crippen LogP contribution in [-0.4, -0.2) is 24.5 Å². The van der Waals surface area contributed by atoms with Crippen LogP contribution in [-0.2, 0) is 7.05 Å². The van der Waals surface area contributed by atoms with Crippen molar-refractivity contribution in [1.29, 1.82) is 0 Å². The van der Waals surface area contributed by atoms with Crippen molar-refractivity contribution < 1.29 is 4.52 Å². The van der Waals surface area contributed by atoms with Crippen molar-refractivity contribution in [2.75, 3.05) is 0 Å². The summed E-state index contributed by atoms with van der Waals surface area (Å²) < 4.78 is 8.38. The van der Waals surface area contributed by atoms with Gasteiger partial charge in [0.2, 0.25) is 0 Å². The number of rotatable bonds is 3. The Bertz CT molecular complexity index is 1160. The highest BCUT2D eigenvalue weighted by molar-refractivity contribution is 6.31. The fourth-order valence-electron chi connectivity index (χ4n) is 2.92. The van der Waals surface area contributed by atoms with Gasteiger partial charge in [-0.1, -0.05) is 16.8 Å². The van der Waals surface area contributed by atoms with E-state index in [1.807, 2.05) is 55.2 Å². The summed E-state index contributed by atoms with van der Waals surface area (Å²) in [4.78, 5) is 13.5. The molecule has 0 aliphatic heterocycles. The molecule has 8 heteroatoms. The largest absolute Gasteiger partial charge is 0.439 e. The lowest BCUT2D eigenvalue weighted by Gasteiger charge is -2.08. The SMILES string of the molecule is Cc1nn(C)c(-n2ccc3cc(Cl)ccc32)c1/C=C/c1noc(=O)[nH]1. The quantitative estimate of drug-likeness (QED) is 0.612. The lowest BCUT2D eigenvalue weighted by atomic mass is 10.2. The molecule has 0 bridgehead atoms. The molecule has 25 heavy (non-hydrogen) atoms. The van der Waals surface area contributed by atoms with E-state index in [2.05, 4.69) is 24.3 Å². The van der Waals surface area contributed by atoms with E-state index < -0.39 is 5.76 Å². The van der Waals surface area contributed by atoms with Gasteiger partial charge in [-0.05, 0) is 43.3 Å². The summed E-state index contributed by atoms with van der Waals surface area (Å²) in [5.74, 6) is 0.663. The number of nitrogens with one attached hydrogen (secondary N) is 1. The molecule has 0 aliphatic carbocycles. The van der Waals surface area contributed by atoms with Crippen LogP contribution < -0.4 is 5.76 Å². The molecule has 0 aliphatic rings. The summed E-state index contributed by atoms with van der Waals surface area (Å²) in [6.07, 6.45) is 5.51. The summed E-state index contributed by atoms with van der Waals surface area (Å²) in [7, 11) is 1.89. The molecule has 7 nitrogen and oxygen atoms in total. The predicted molar refractivity (Wildman–Crippen MR) is 95.8 cm³/mol. The van der Waals surface area contributed by atoms with Crippen molar-refractivity contribution in [3.8, 4) is 5.82 Å². The van der Waals surface area contributed by atoms with E-state index in [-0.39, 0.29) is 0 Å². The van der Waals surface area contributed by atoms with E-state index in [4.69, 9.17) is 11.6 Å². The van der Waals surface area contributed by atoms with Gasteiger partial charge in [-0.15, -0.1) is 0 Å². The topological polar surface area (TPSA) is 81.6 Å². The maximum Gasteiger partial charge on any atom is 0.439 e. The van der Waals surface area contributed by atoms with E-state index >= 15 is 0 Å². The number of halogens is 1. The summed E-state index contributed by atoms with van der Waals surface area (Å²) in [6, 6.07) is 7.76. The van der Waals surface area contributed by atoms with Crippen LogP contribution in [0.2, 0.25) is 5.02 Å². The van der Waals surface area contributed by atoms with Gasteiger partial charge in [0.05, 0.1) is 11.2 Å². The van der Waals surface area contributed by atoms with Crippen molar-refractivity contribution in [3.63, 3.8) is 0 Å². The van der Waals surface area contributed by atoms with Gasteiger partial charge in [-0.2, -0.15) is 5.10 Å². The maximum atomic E-state index is 11.1. The molecule has 3 aromatic heterocycles. The van der Waals surface area contributed by atoms with Gasteiger partial charge in [0.25, 0.3) is 0 Å². The maximum absolute atomic E-state index is 11.1. The van der Waals surface area contributed by atoms with Crippen LogP contribution in [0.3, 0.4) is 0 Å². The summed E-state index contributed by atoms with van der Waals surface area (Å²) in [6.45, 7) is 1.93. The summed E-state index contributed by atoms with van der Waals surface area (Å²) in [5, 5.41) is 9.89. The molecule has 4 rings (SSSR count). The fraction of sp³-hybridized carbons (Fsp3) is 0.118. The van der Waals surface area contributed by atoms with Gasteiger partial charge in [0.15, 0.2) is 5.82 Å². The molecule has 3 heterocycles. The van der Waals surface area contributed by atoms with E-state index in [0.717, 1.165) is 28.0 Å². The molecule has 0 saturated heterocycles. The van der Waals surface area contributed by atoms with Gasteiger partial charge in [0, 0.05) is 29.2 Å². The number of aromatic amines is 1. The zero-order valence-electron chi connectivity index (χ0n) is 13.5.